The summed E-state index contributed by atoms with van der Waals surface area (Å²) in [6, 6.07) is 1.97. The number of rotatable bonds is 4. The van der Waals surface area contributed by atoms with E-state index in [4.69, 9.17) is 5.73 Å². The molecule has 72 valence electrons. The fourth-order valence-corrected chi connectivity index (χ4v) is 1.35. The first-order valence-corrected chi connectivity index (χ1v) is 5.10. The zero-order chi connectivity index (χ0) is 9.68. The maximum atomic E-state index is 5.39. The highest BCUT2D eigenvalue weighted by molar-refractivity contribution is 9.10. The van der Waals surface area contributed by atoms with Crippen molar-refractivity contribution in [3.8, 4) is 0 Å². The number of nitrogens with zero attached hydrogens (tertiary/aromatic N) is 1. The van der Waals surface area contributed by atoms with E-state index < -0.39 is 0 Å². The van der Waals surface area contributed by atoms with E-state index in [-0.39, 0.29) is 0 Å². The molecule has 3 nitrogen and oxygen atoms in total. The number of hydrogen-bond acceptors (Lipinski definition) is 3. The minimum atomic E-state index is 0.705. The van der Waals surface area contributed by atoms with E-state index >= 15 is 0 Å². The Kier molecular flexibility index (Phi) is 4.18. The van der Waals surface area contributed by atoms with E-state index in [1.807, 2.05) is 13.0 Å². The predicted molar refractivity (Wildman–Crippen MR) is 58.8 cm³/mol. The minimum absolute atomic E-state index is 0.705. The molecule has 0 aliphatic heterocycles. The second-order valence-electron chi connectivity index (χ2n) is 2.86. The van der Waals surface area contributed by atoms with E-state index in [1.165, 1.54) is 5.56 Å². The minimum Gasteiger partial charge on any atom is -0.369 e. The van der Waals surface area contributed by atoms with Crippen LogP contribution in [0.1, 0.15) is 12.0 Å². The SMILES string of the molecule is Cc1ccnc(NCCCN)c1Br. The fraction of sp³-hybridized carbons (Fsp3) is 0.444. The Morgan fingerprint density at radius 3 is 3.08 bits per heavy atom. The van der Waals surface area contributed by atoms with Crippen molar-refractivity contribution in [1.82, 2.24) is 4.98 Å². The molecule has 0 fully saturated rings. The van der Waals surface area contributed by atoms with Gasteiger partial charge in [-0.1, -0.05) is 0 Å². The number of nitrogens with two attached hydrogens (primary N) is 1. The van der Waals surface area contributed by atoms with E-state index in [9.17, 15) is 0 Å². The first kappa shape index (κ1) is 10.5. The summed E-state index contributed by atoms with van der Waals surface area (Å²) >= 11 is 3.48. The predicted octanol–water partition coefficient (Wildman–Crippen LogP) is 1.91. The van der Waals surface area contributed by atoms with Gasteiger partial charge in [-0.2, -0.15) is 0 Å². The highest BCUT2D eigenvalue weighted by atomic mass is 79.9. The highest BCUT2D eigenvalue weighted by Gasteiger charge is 2.01. The summed E-state index contributed by atoms with van der Waals surface area (Å²) in [5, 5.41) is 3.22. The second-order valence-corrected chi connectivity index (χ2v) is 3.65. The second kappa shape index (κ2) is 5.19. The molecule has 3 N–H and O–H groups in total. The number of pyridine rings is 1. The van der Waals surface area contributed by atoms with Gasteiger partial charge in [0, 0.05) is 12.7 Å². The molecule has 0 spiro atoms. The number of nitrogens with one attached hydrogen (secondary N) is 1. The number of hydrogen-bond donors (Lipinski definition) is 2. The molecule has 0 saturated carbocycles. The molecule has 0 radical (unpaired) electrons. The number of halogens is 1. The van der Waals surface area contributed by atoms with Gasteiger partial charge in [-0.25, -0.2) is 4.98 Å². The molecule has 0 aromatic carbocycles. The summed E-state index contributed by atoms with van der Waals surface area (Å²) in [5.41, 5.74) is 6.57. The standard InChI is InChI=1S/C9H14BrN3/c1-7-3-6-13-9(8(7)10)12-5-2-4-11/h3,6H,2,4-5,11H2,1H3,(H,12,13). The first-order valence-electron chi connectivity index (χ1n) is 4.30. The third kappa shape index (κ3) is 2.97. The molecule has 0 amide bonds. The molecular formula is C9H14BrN3. The summed E-state index contributed by atoms with van der Waals surface area (Å²) in [6.07, 6.45) is 2.76. The number of aryl methyl sites for hydroxylation is 1. The van der Waals surface area contributed by atoms with Crippen LogP contribution in [0.25, 0.3) is 0 Å². The molecule has 0 bridgehead atoms. The molecule has 1 heterocycles. The average Bonchev–Trinajstić information content (AvgIpc) is 2.13. The van der Waals surface area contributed by atoms with Gasteiger partial charge < -0.3 is 11.1 Å². The summed E-state index contributed by atoms with van der Waals surface area (Å²) in [6.45, 7) is 3.61. The summed E-state index contributed by atoms with van der Waals surface area (Å²) in [5.74, 6) is 0.897. The lowest BCUT2D eigenvalue weighted by Crippen LogP contribution is -2.09. The largest absolute Gasteiger partial charge is 0.369 e. The van der Waals surface area contributed by atoms with Gasteiger partial charge in [-0.3, -0.25) is 0 Å². The van der Waals surface area contributed by atoms with Crippen molar-refractivity contribution in [2.75, 3.05) is 18.4 Å². The number of anilines is 1. The third-order valence-corrected chi connectivity index (χ3v) is 2.76. The molecule has 4 heteroatoms. The van der Waals surface area contributed by atoms with Gasteiger partial charge in [0.25, 0.3) is 0 Å². The molecule has 1 aromatic heterocycles. The van der Waals surface area contributed by atoms with Crippen LogP contribution >= 0.6 is 15.9 Å². The molecular weight excluding hydrogens is 230 g/mol. The Balaban J connectivity index is 2.61. The highest BCUT2D eigenvalue weighted by Crippen LogP contribution is 2.22. The Morgan fingerprint density at radius 1 is 1.62 bits per heavy atom. The Hall–Kier alpha value is -0.610. The molecule has 1 rings (SSSR count). The fourth-order valence-electron chi connectivity index (χ4n) is 0.972. The van der Waals surface area contributed by atoms with Crippen LogP contribution in [0.15, 0.2) is 16.7 Å². The molecule has 0 atom stereocenters. The molecule has 0 aliphatic carbocycles. The van der Waals surface area contributed by atoms with Crippen LogP contribution in [0.2, 0.25) is 0 Å². The van der Waals surface area contributed by atoms with Gasteiger partial charge in [-0.15, -0.1) is 0 Å². The van der Waals surface area contributed by atoms with Gasteiger partial charge in [0.1, 0.15) is 5.82 Å². The van der Waals surface area contributed by atoms with Crippen molar-refractivity contribution in [2.24, 2.45) is 5.73 Å². The van der Waals surface area contributed by atoms with Crippen LogP contribution in [-0.2, 0) is 0 Å². The van der Waals surface area contributed by atoms with Crippen LogP contribution < -0.4 is 11.1 Å². The molecule has 13 heavy (non-hydrogen) atoms. The van der Waals surface area contributed by atoms with Gasteiger partial charge in [0.15, 0.2) is 0 Å². The quantitative estimate of drug-likeness (QED) is 0.795. The summed E-state index contributed by atoms with van der Waals surface area (Å²) < 4.78 is 1.03. The lowest BCUT2D eigenvalue weighted by atomic mass is 10.3. The summed E-state index contributed by atoms with van der Waals surface area (Å²) in [7, 11) is 0. The summed E-state index contributed by atoms with van der Waals surface area (Å²) in [4.78, 5) is 4.21. The monoisotopic (exact) mass is 243 g/mol. The lowest BCUT2D eigenvalue weighted by Gasteiger charge is -2.07. The van der Waals surface area contributed by atoms with Crippen LogP contribution in [0, 0.1) is 6.92 Å². The molecule has 1 aromatic rings. The van der Waals surface area contributed by atoms with Crippen LogP contribution in [-0.4, -0.2) is 18.1 Å². The maximum Gasteiger partial charge on any atom is 0.140 e. The number of aromatic nitrogens is 1. The van der Waals surface area contributed by atoms with Crippen molar-refractivity contribution in [1.29, 1.82) is 0 Å². The van der Waals surface area contributed by atoms with Crippen LogP contribution in [0.3, 0.4) is 0 Å². The van der Waals surface area contributed by atoms with Crippen LogP contribution in [0.5, 0.6) is 0 Å². The van der Waals surface area contributed by atoms with Crippen molar-refractivity contribution in [3.63, 3.8) is 0 Å². The smallest absolute Gasteiger partial charge is 0.140 e. The zero-order valence-corrected chi connectivity index (χ0v) is 9.26. The van der Waals surface area contributed by atoms with Gasteiger partial charge in [-0.05, 0) is 47.4 Å². The van der Waals surface area contributed by atoms with Crippen LogP contribution in [0.4, 0.5) is 5.82 Å². The average molecular weight is 244 g/mol. The lowest BCUT2D eigenvalue weighted by molar-refractivity contribution is 0.869. The Bertz CT molecular complexity index is 276. The molecule has 0 aliphatic rings. The third-order valence-electron chi connectivity index (χ3n) is 1.76. The first-order chi connectivity index (χ1) is 6.25. The topological polar surface area (TPSA) is 50.9 Å². The molecule has 0 saturated heterocycles. The van der Waals surface area contributed by atoms with Crippen molar-refractivity contribution in [3.05, 3.63) is 22.3 Å². The maximum absolute atomic E-state index is 5.39. The molecule has 0 unspecified atom stereocenters. The van der Waals surface area contributed by atoms with Crippen molar-refractivity contribution < 1.29 is 0 Å². The van der Waals surface area contributed by atoms with E-state index in [0.717, 1.165) is 23.3 Å². The Labute approximate surface area is 86.9 Å². The normalized spacial score (nSPS) is 10.1. The van der Waals surface area contributed by atoms with Gasteiger partial charge in [0.05, 0.1) is 4.47 Å². The Morgan fingerprint density at radius 2 is 2.38 bits per heavy atom. The zero-order valence-electron chi connectivity index (χ0n) is 7.68. The van der Waals surface area contributed by atoms with Gasteiger partial charge in [0.2, 0.25) is 0 Å². The van der Waals surface area contributed by atoms with Crippen molar-refractivity contribution in [2.45, 2.75) is 13.3 Å². The van der Waals surface area contributed by atoms with E-state index in [0.29, 0.717) is 6.54 Å². The van der Waals surface area contributed by atoms with Crippen molar-refractivity contribution >= 4 is 21.7 Å². The van der Waals surface area contributed by atoms with E-state index in [2.05, 4.69) is 26.2 Å². The van der Waals surface area contributed by atoms with E-state index in [1.54, 1.807) is 6.20 Å². The van der Waals surface area contributed by atoms with Gasteiger partial charge >= 0.3 is 0 Å².